The van der Waals surface area contributed by atoms with E-state index in [4.69, 9.17) is 11.2 Å². The molecular formula is C21H31NO2. The van der Waals surface area contributed by atoms with E-state index >= 15 is 0 Å². The summed E-state index contributed by atoms with van der Waals surface area (Å²) in [6.07, 6.45) is 9.33. The fourth-order valence-electron chi connectivity index (χ4n) is 3.20. The Morgan fingerprint density at radius 3 is 2.58 bits per heavy atom. The second-order valence-corrected chi connectivity index (χ2v) is 7.13. The van der Waals surface area contributed by atoms with E-state index in [2.05, 4.69) is 41.2 Å². The molecule has 1 N–H and O–H groups in total. The number of hydrogen-bond donors (Lipinski definition) is 1. The zero-order chi connectivity index (χ0) is 17.4. The minimum atomic E-state index is -0.566. The van der Waals surface area contributed by atoms with E-state index in [1.54, 1.807) is 0 Å². The largest absolute Gasteiger partial charge is 0.389 e. The summed E-state index contributed by atoms with van der Waals surface area (Å²) >= 11 is 0. The molecule has 2 rings (SSSR count). The first-order valence-electron chi connectivity index (χ1n) is 9.10. The van der Waals surface area contributed by atoms with Gasteiger partial charge < -0.3 is 14.7 Å². The van der Waals surface area contributed by atoms with E-state index in [0.29, 0.717) is 13.2 Å². The van der Waals surface area contributed by atoms with Crippen molar-refractivity contribution in [1.29, 1.82) is 0 Å². The van der Waals surface area contributed by atoms with Crippen LogP contribution in [-0.2, 0) is 11.2 Å². The summed E-state index contributed by atoms with van der Waals surface area (Å²) in [6, 6.07) is 10.7. The van der Waals surface area contributed by atoms with Crippen LogP contribution in [0.2, 0.25) is 0 Å². The molecule has 0 radical (unpaired) electrons. The normalized spacial score (nSPS) is 20.2. The van der Waals surface area contributed by atoms with Gasteiger partial charge in [0.05, 0.1) is 12.7 Å². The SMILES string of the molecule is C#C[C@](C)(CC)OC[C@@H](O)CN1CCC(Cc2ccccc2)CC1. The second-order valence-electron chi connectivity index (χ2n) is 7.13. The van der Waals surface area contributed by atoms with Crippen LogP contribution >= 0.6 is 0 Å². The summed E-state index contributed by atoms with van der Waals surface area (Å²) in [5.41, 5.74) is 0.862. The van der Waals surface area contributed by atoms with Crippen molar-refractivity contribution in [2.45, 2.75) is 51.2 Å². The van der Waals surface area contributed by atoms with Gasteiger partial charge in [0.15, 0.2) is 0 Å². The smallest absolute Gasteiger partial charge is 0.125 e. The van der Waals surface area contributed by atoms with Gasteiger partial charge in [-0.05, 0) is 57.2 Å². The molecule has 1 aromatic rings. The Bertz CT molecular complexity index is 516. The summed E-state index contributed by atoms with van der Waals surface area (Å²) in [6.45, 7) is 6.98. The Kier molecular flexibility index (Phi) is 7.30. The van der Waals surface area contributed by atoms with Gasteiger partial charge in [0, 0.05) is 6.54 Å². The van der Waals surface area contributed by atoms with Gasteiger partial charge in [0.1, 0.15) is 5.60 Å². The molecule has 0 aromatic heterocycles. The highest BCUT2D eigenvalue weighted by Crippen LogP contribution is 2.22. The van der Waals surface area contributed by atoms with Gasteiger partial charge in [0.2, 0.25) is 0 Å². The quantitative estimate of drug-likeness (QED) is 0.744. The molecule has 0 amide bonds. The van der Waals surface area contributed by atoms with Crippen molar-refractivity contribution < 1.29 is 9.84 Å². The fourth-order valence-corrected chi connectivity index (χ4v) is 3.20. The molecule has 0 spiro atoms. The van der Waals surface area contributed by atoms with Crippen molar-refractivity contribution in [3.05, 3.63) is 35.9 Å². The molecule has 1 saturated heterocycles. The van der Waals surface area contributed by atoms with Gasteiger partial charge in [-0.1, -0.05) is 43.2 Å². The van der Waals surface area contributed by atoms with E-state index in [9.17, 15) is 5.11 Å². The number of aliphatic hydroxyl groups is 1. The van der Waals surface area contributed by atoms with Crippen molar-refractivity contribution >= 4 is 0 Å². The Balaban J connectivity index is 1.68. The zero-order valence-electron chi connectivity index (χ0n) is 15.1. The van der Waals surface area contributed by atoms with Crippen molar-refractivity contribution in [2.24, 2.45) is 5.92 Å². The second kappa shape index (κ2) is 9.22. The Hall–Kier alpha value is -1.34. The van der Waals surface area contributed by atoms with Crippen LogP contribution in [0.15, 0.2) is 30.3 Å². The van der Waals surface area contributed by atoms with Crippen molar-refractivity contribution in [2.75, 3.05) is 26.2 Å². The maximum absolute atomic E-state index is 10.2. The van der Waals surface area contributed by atoms with E-state index < -0.39 is 11.7 Å². The van der Waals surface area contributed by atoms with Crippen molar-refractivity contribution in [1.82, 2.24) is 4.90 Å². The zero-order valence-corrected chi connectivity index (χ0v) is 15.1. The summed E-state index contributed by atoms with van der Waals surface area (Å²) in [5.74, 6) is 3.42. The number of aliphatic hydroxyl groups excluding tert-OH is 1. The number of hydrogen-bond acceptors (Lipinski definition) is 3. The van der Waals surface area contributed by atoms with Crippen LogP contribution in [0.4, 0.5) is 0 Å². The third-order valence-corrected chi connectivity index (χ3v) is 5.12. The highest BCUT2D eigenvalue weighted by molar-refractivity contribution is 5.15. The molecule has 1 aliphatic rings. The molecular weight excluding hydrogens is 298 g/mol. The molecule has 2 atom stereocenters. The van der Waals surface area contributed by atoms with Gasteiger partial charge in [-0.15, -0.1) is 6.42 Å². The van der Waals surface area contributed by atoms with Crippen molar-refractivity contribution in [3.8, 4) is 12.3 Å². The molecule has 1 aromatic carbocycles. The van der Waals surface area contributed by atoms with Crippen LogP contribution in [0.3, 0.4) is 0 Å². The minimum Gasteiger partial charge on any atom is -0.389 e. The number of β-amino-alcohol motifs (C(OH)–C–C–N with tert-alkyl or cyclic N) is 1. The lowest BCUT2D eigenvalue weighted by atomic mass is 9.90. The molecule has 0 bridgehead atoms. The van der Waals surface area contributed by atoms with Gasteiger partial charge in [-0.2, -0.15) is 0 Å². The number of nitrogens with zero attached hydrogens (tertiary/aromatic N) is 1. The summed E-state index contributed by atoms with van der Waals surface area (Å²) in [4.78, 5) is 2.34. The lowest BCUT2D eigenvalue weighted by Crippen LogP contribution is -2.41. The van der Waals surface area contributed by atoms with Crippen LogP contribution in [-0.4, -0.2) is 48.0 Å². The molecule has 0 aliphatic carbocycles. The van der Waals surface area contributed by atoms with Gasteiger partial charge in [-0.25, -0.2) is 0 Å². The molecule has 1 fully saturated rings. The molecule has 132 valence electrons. The molecule has 3 heteroatoms. The topological polar surface area (TPSA) is 32.7 Å². The van der Waals surface area contributed by atoms with Crippen LogP contribution < -0.4 is 0 Å². The summed E-state index contributed by atoms with van der Waals surface area (Å²) < 4.78 is 5.72. The Labute approximate surface area is 147 Å². The average Bonchev–Trinajstić information content (AvgIpc) is 2.62. The molecule has 1 aliphatic heterocycles. The van der Waals surface area contributed by atoms with E-state index in [1.807, 2.05) is 13.8 Å². The number of rotatable bonds is 8. The standard InChI is InChI=1S/C21H31NO2/c1-4-21(3,5-2)24-17-20(23)16-22-13-11-19(12-14-22)15-18-9-7-6-8-10-18/h1,6-10,19-20,23H,5,11-17H2,2-3H3/t20-,21+/m0/s1. The van der Waals surface area contributed by atoms with Crippen LogP contribution in [0, 0.1) is 18.3 Å². The molecule has 0 unspecified atom stereocenters. The first kappa shape index (κ1) is 19.0. The maximum atomic E-state index is 10.2. The summed E-state index contributed by atoms with van der Waals surface area (Å²) in [5, 5.41) is 10.2. The number of benzene rings is 1. The predicted octanol–water partition coefficient (Wildman–Crippen LogP) is 3.12. The third-order valence-electron chi connectivity index (χ3n) is 5.12. The fraction of sp³-hybridized carbons (Fsp3) is 0.619. The van der Waals surface area contributed by atoms with Crippen molar-refractivity contribution in [3.63, 3.8) is 0 Å². The maximum Gasteiger partial charge on any atom is 0.125 e. The van der Waals surface area contributed by atoms with Crippen LogP contribution in [0.1, 0.15) is 38.7 Å². The lowest BCUT2D eigenvalue weighted by molar-refractivity contribution is -0.0491. The molecule has 3 nitrogen and oxygen atoms in total. The van der Waals surface area contributed by atoms with Gasteiger partial charge in [-0.3, -0.25) is 0 Å². The minimum absolute atomic E-state index is 0.304. The molecule has 24 heavy (non-hydrogen) atoms. The van der Waals surface area contributed by atoms with Gasteiger partial charge in [0.25, 0.3) is 0 Å². The van der Waals surface area contributed by atoms with Gasteiger partial charge >= 0.3 is 0 Å². The number of piperidine rings is 1. The predicted molar refractivity (Wildman–Crippen MR) is 98.8 cm³/mol. The summed E-state index contributed by atoms with van der Waals surface area (Å²) in [7, 11) is 0. The van der Waals surface area contributed by atoms with E-state index in [0.717, 1.165) is 31.8 Å². The number of likely N-dealkylation sites (tertiary alicyclic amines) is 1. The lowest BCUT2D eigenvalue weighted by Gasteiger charge is -2.33. The first-order valence-corrected chi connectivity index (χ1v) is 9.10. The monoisotopic (exact) mass is 329 g/mol. The van der Waals surface area contributed by atoms with Crippen LogP contribution in [0.5, 0.6) is 0 Å². The van der Waals surface area contributed by atoms with E-state index in [-0.39, 0.29) is 0 Å². The average molecular weight is 329 g/mol. The number of ether oxygens (including phenoxy) is 1. The van der Waals surface area contributed by atoms with Crippen LogP contribution in [0.25, 0.3) is 0 Å². The highest BCUT2D eigenvalue weighted by Gasteiger charge is 2.24. The Morgan fingerprint density at radius 1 is 1.33 bits per heavy atom. The van der Waals surface area contributed by atoms with E-state index in [1.165, 1.54) is 18.4 Å². The third kappa shape index (κ3) is 5.94. The first-order chi connectivity index (χ1) is 11.5. The Morgan fingerprint density at radius 2 is 2.00 bits per heavy atom. The molecule has 0 saturated carbocycles. The number of terminal acetylenes is 1. The molecule has 1 heterocycles. The highest BCUT2D eigenvalue weighted by atomic mass is 16.5.